The van der Waals surface area contributed by atoms with Crippen molar-refractivity contribution in [1.82, 2.24) is 15.3 Å². The van der Waals surface area contributed by atoms with Gasteiger partial charge in [-0.25, -0.2) is 9.97 Å². The second-order valence-corrected chi connectivity index (χ2v) is 3.79. The van der Waals surface area contributed by atoms with Crippen LogP contribution in [0.25, 0.3) is 0 Å². The quantitative estimate of drug-likeness (QED) is 0.739. The smallest absolute Gasteiger partial charge is 0.262 e. The predicted molar refractivity (Wildman–Crippen MR) is 65.7 cm³/mol. The summed E-state index contributed by atoms with van der Waals surface area (Å²) in [6.07, 6.45) is 1.96. The van der Waals surface area contributed by atoms with E-state index in [1.165, 1.54) is 20.5 Å². The molecular weight excluding hydrogens is 236 g/mol. The van der Waals surface area contributed by atoms with Crippen molar-refractivity contribution in [3.63, 3.8) is 0 Å². The second kappa shape index (κ2) is 6.75. The summed E-state index contributed by atoms with van der Waals surface area (Å²) in [5, 5.41) is 2.72. The summed E-state index contributed by atoms with van der Waals surface area (Å²) in [6.45, 7) is 2.34. The normalized spacial score (nSPS) is 11.8. The molecule has 1 amide bonds. The van der Waals surface area contributed by atoms with Crippen LogP contribution in [-0.4, -0.2) is 42.7 Å². The van der Waals surface area contributed by atoms with Crippen molar-refractivity contribution in [2.75, 3.05) is 20.8 Å². The molecule has 1 aromatic rings. The number of hydrogen-bond donors (Lipinski definition) is 2. The Balaban J connectivity index is 2.83. The van der Waals surface area contributed by atoms with Crippen LogP contribution in [0.1, 0.15) is 23.7 Å². The standard InChI is InChI=1S/C11H18N4O3/c1-7(12)4-5-13-9(16)8-10(17-2)14-6-15-11(8)18-3/h6-7H,4-5,12H2,1-3H3,(H,13,16). The third-order valence-corrected chi connectivity index (χ3v) is 2.28. The Labute approximate surface area is 106 Å². The van der Waals surface area contributed by atoms with Gasteiger partial charge >= 0.3 is 0 Å². The molecule has 1 rings (SSSR count). The molecule has 100 valence electrons. The first kappa shape index (κ1) is 14.2. The van der Waals surface area contributed by atoms with Crippen LogP contribution in [0.5, 0.6) is 11.8 Å². The van der Waals surface area contributed by atoms with E-state index in [1.54, 1.807) is 0 Å². The molecular formula is C11H18N4O3. The van der Waals surface area contributed by atoms with Gasteiger partial charge in [0.05, 0.1) is 14.2 Å². The van der Waals surface area contributed by atoms with E-state index >= 15 is 0 Å². The molecule has 0 bridgehead atoms. The minimum atomic E-state index is -0.343. The van der Waals surface area contributed by atoms with Gasteiger partial charge in [-0.05, 0) is 13.3 Å². The van der Waals surface area contributed by atoms with Crippen molar-refractivity contribution in [3.8, 4) is 11.8 Å². The summed E-state index contributed by atoms with van der Waals surface area (Å²) >= 11 is 0. The Morgan fingerprint density at radius 1 is 1.39 bits per heavy atom. The van der Waals surface area contributed by atoms with Crippen molar-refractivity contribution >= 4 is 5.91 Å². The summed E-state index contributed by atoms with van der Waals surface area (Å²) in [4.78, 5) is 19.7. The van der Waals surface area contributed by atoms with E-state index in [9.17, 15) is 4.79 Å². The zero-order valence-corrected chi connectivity index (χ0v) is 10.8. The number of carbonyl (C=O) groups excluding carboxylic acids is 1. The third kappa shape index (κ3) is 3.56. The first-order valence-corrected chi connectivity index (χ1v) is 5.56. The predicted octanol–water partition coefficient (Wildman–Crippen LogP) is -0.0391. The molecule has 3 N–H and O–H groups in total. The van der Waals surface area contributed by atoms with E-state index in [0.717, 1.165) is 0 Å². The molecule has 0 saturated carbocycles. The molecule has 1 unspecified atom stereocenters. The molecule has 0 fully saturated rings. The number of nitrogens with one attached hydrogen (secondary N) is 1. The van der Waals surface area contributed by atoms with Crippen LogP contribution in [0.2, 0.25) is 0 Å². The van der Waals surface area contributed by atoms with Gasteiger partial charge < -0.3 is 20.5 Å². The van der Waals surface area contributed by atoms with E-state index in [1.807, 2.05) is 6.92 Å². The van der Waals surface area contributed by atoms with Crippen LogP contribution >= 0.6 is 0 Å². The fourth-order valence-corrected chi connectivity index (χ4v) is 1.36. The maximum Gasteiger partial charge on any atom is 0.262 e. The van der Waals surface area contributed by atoms with Gasteiger partial charge in [0.1, 0.15) is 6.33 Å². The van der Waals surface area contributed by atoms with Crippen LogP contribution < -0.4 is 20.5 Å². The van der Waals surface area contributed by atoms with Gasteiger partial charge in [-0.1, -0.05) is 0 Å². The van der Waals surface area contributed by atoms with Gasteiger partial charge in [-0.3, -0.25) is 4.79 Å². The van der Waals surface area contributed by atoms with E-state index in [-0.39, 0.29) is 29.3 Å². The summed E-state index contributed by atoms with van der Waals surface area (Å²) in [6, 6.07) is 0.0288. The Hall–Kier alpha value is -1.89. The first-order valence-electron chi connectivity index (χ1n) is 5.56. The molecule has 18 heavy (non-hydrogen) atoms. The SMILES string of the molecule is COc1ncnc(OC)c1C(=O)NCCC(C)N. The zero-order chi connectivity index (χ0) is 13.5. The number of nitrogens with two attached hydrogens (primary N) is 1. The number of ether oxygens (including phenoxy) is 2. The van der Waals surface area contributed by atoms with E-state index in [2.05, 4.69) is 15.3 Å². The summed E-state index contributed by atoms with van der Waals surface area (Å²) < 4.78 is 10.0. The van der Waals surface area contributed by atoms with Gasteiger partial charge in [0.25, 0.3) is 5.91 Å². The highest BCUT2D eigenvalue weighted by molar-refractivity contribution is 5.98. The number of hydrogen-bond acceptors (Lipinski definition) is 6. The van der Waals surface area contributed by atoms with Crippen LogP contribution in [0.15, 0.2) is 6.33 Å². The van der Waals surface area contributed by atoms with Crippen molar-refractivity contribution in [2.45, 2.75) is 19.4 Å². The number of methoxy groups -OCH3 is 2. The first-order chi connectivity index (χ1) is 8.60. The van der Waals surface area contributed by atoms with Gasteiger partial charge in [0.2, 0.25) is 11.8 Å². The van der Waals surface area contributed by atoms with E-state index in [0.29, 0.717) is 13.0 Å². The zero-order valence-electron chi connectivity index (χ0n) is 10.8. The Kier molecular flexibility index (Phi) is 5.31. The number of aromatic nitrogens is 2. The lowest BCUT2D eigenvalue weighted by atomic mass is 10.2. The summed E-state index contributed by atoms with van der Waals surface area (Å²) in [5.74, 6) is 0.0187. The molecule has 7 heteroatoms. The number of amides is 1. The number of nitrogens with zero attached hydrogens (tertiary/aromatic N) is 2. The Morgan fingerprint density at radius 3 is 2.39 bits per heavy atom. The van der Waals surface area contributed by atoms with Crippen LogP contribution in [0.4, 0.5) is 0 Å². The molecule has 0 aliphatic heterocycles. The van der Waals surface area contributed by atoms with Crippen molar-refractivity contribution < 1.29 is 14.3 Å². The molecule has 0 saturated heterocycles. The van der Waals surface area contributed by atoms with Crippen LogP contribution in [0, 0.1) is 0 Å². The van der Waals surface area contributed by atoms with Gasteiger partial charge in [0, 0.05) is 12.6 Å². The lowest BCUT2D eigenvalue weighted by Gasteiger charge is -2.11. The second-order valence-electron chi connectivity index (χ2n) is 3.79. The molecule has 1 atom stereocenters. The van der Waals surface area contributed by atoms with Crippen molar-refractivity contribution in [3.05, 3.63) is 11.9 Å². The molecule has 7 nitrogen and oxygen atoms in total. The maximum atomic E-state index is 12.0. The molecule has 1 aromatic heterocycles. The van der Waals surface area contributed by atoms with Crippen LogP contribution in [0.3, 0.4) is 0 Å². The largest absolute Gasteiger partial charge is 0.480 e. The highest BCUT2D eigenvalue weighted by Gasteiger charge is 2.20. The minimum absolute atomic E-state index is 0.0288. The third-order valence-electron chi connectivity index (χ3n) is 2.28. The average Bonchev–Trinajstić information content (AvgIpc) is 2.36. The van der Waals surface area contributed by atoms with Crippen molar-refractivity contribution in [1.29, 1.82) is 0 Å². The maximum absolute atomic E-state index is 12.0. The average molecular weight is 254 g/mol. The fourth-order valence-electron chi connectivity index (χ4n) is 1.36. The van der Waals surface area contributed by atoms with Gasteiger partial charge in [-0.15, -0.1) is 0 Å². The fraction of sp³-hybridized carbons (Fsp3) is 0.545. The lowest BCUT2D eigenvalue weighted by Crippen LogP contribution is -2.29. The van der Waals surface area contributed by atoms with Gasteiger partial charge in [0.15, 0.2) is 5.56 Å². The molecule has 0 aliphatic rings. The minimum Gasteiger partial charge on any atom is -0.480 e. The van der Waals surface area contributed by atoms with Gasteiger partial charge in [-0.2, -0.15) is 0 Å². The summed E-state index contributed by atoms with van der Waals surface area (Å²) in [7, 11) is 2.86. The molecule has 1 heterocycles. The summed E-state index contributed by atoms with van der Waals surface area (Å²) in [5.41, 5.74) is 5.79. The van der Waals surface area contributed by atoms with E-state index in [4.69, 9.17) is 15.2 Å². The Bertz CT molecular complexity index is 387. The number of rotatable bonds is 6. The molecule has 0 radical (unpaired) electrons. The Morgan fingerprint density at radius 2 is 1.94 bits per heavy atom. The van der Waals surface area contributed by atoms with Crippen LogP contribution in [-0.2, 0) is 0 Å². The molecule has 0 spiro atoms. The van der Waals surface area contributed by atoms with Crippen molar-refractivity contribution in [2.24, 2.45) is 5.73 Å². The monoisotopic (exact) mass is 254 g/mol. The highest BCUT2D eigenvalue weighted by atomic mass is 16.5. The lowest BCUT2D eigenvalue weighted by molar-refractivity contribution is 0.0944. The molecule has 0 aliphatic carbocycles. The number of carbonyl (C=O) groups is 1. The molecule has 0 aromatic carbocycles. The van der Waals surface area contributed by atoms with E-state index < -0.39 is 0 Å². The topological polar surface area (TPSA) is 99.4 Å². The highest BCUT2D eigenvalue weighted by Crippen LogP contribution is 2.22.